The number of alkyl carbamates (subject to hydrolysis) is 1. The average molecular weight is 671 g/mol. The molecule has 11 nitrogen and oxygen atoms in total. The van der Waals surface area contributed by atoms with Crippen molar-refractivity contribution >= 4 is 26.5 Å². The molecule has 0 saturated carbocycles. The molecule has 3 amide bonds. The lowest BCUT2D eigenvalue weighted by Gasteiger charge is -2.44. The van der Waals surface area contributed by atoms with E-state index < -0.39 is 14.7 Å². The topological polar surface area (TPSA) is 119 Å². The molecule has 1 heterocycles. The first-order valence-electron chi connectivity index (χ1n) is 16.6. The second-order valence-electron chi connectivity index (χ2n) is 12.8. The van der Waals surface area contributed by atoms with Gasteiger partial charge in [0.05, 0.1) is 26.3 Å². The lowest BCUT2D eigenvalue weighted by atomic mass is 10.1. The zero-order chi connectivity index (χ0) is 34.4. The van der Waals surface area contributed by atoms with Crippen molar-refractivity contribution in [1.82, 2.24) is 20.4 Å². The Kier molecular flexibility index (Phi) is 15.2. The Morgan fingerprint density at radius 2 is 1.57 bits per heavy atom. The van der Waals surface area contributed by atoms with Crippen molar-refractivity contribution in [2.24, 2.45) is 0 Å². The van der Waals surface area contributed by atoms with E-state index in [-0.39, 0.29) is 61.2 Å². The predicted molar refractivity (Wildman–Crippen MR) is 184 cm³/mol. The van der Waals surface area contributed by atoms with Crippen LogP contribution in [0.3, 0.4) is 0 Å². The number of carbonyl (C=O) groups is 3. The monoisotopic (exact) mass is 670 g/mol. The molecule has 2 aromatic carbocycles. The molecule has 3 rings (SSSR count). The van der Waals surface area contributed by atoms with Crippen molar-refractivity contribution in [2.75, 3.05) is 46.4 Å². The number of ether oxygens (including phenoxy) is 2. The van der Waals surface area contributed by atoms with Crippen molar-refractivity contribution in [3.63, 3.8) is 0 Å². The number of hydrogen-bond acceptors (Lipinski definition) is 8. The minimum Gasteiger partial charge on any atom is -0.497 e. The lowest BCUT2D eigenvalue weighted by molar-refractivity contribution is -0.135. The van der Waals surface area contributed by atoms with Crippen molar-refractivity contribution in [1.29, 1.82) is 0 Å². The summed E-state index contributed by atoms with van der Waals surface area (Å²) in [5.41, 5.74) is 2.28. The number of methoxy groups -OCH3 is 1. The molecule has 0 aliphatic carbocycles. The molecule has 12 heteroatoms. The van der Waals surface area contributed by atoms with Crippen molar-refractivity contribution in [3.05, 3.63) is 65.7 Å². The summed E-state index contributed by atoms with van der Waals surface area (Å²) >= 11 is 0. The maximum atomic E-state index is 13.3. The van der Waals surface area contributed by atoms with Crippen molar-refractivity contribution < 1.29 is 32.7 Å². The van der Waals surface area contributed by atoms with Gasteiger partial charge in [-0.25, -0.2) is 4.79 Å². The van der Waals surface area contributed by atoms with Crippen LogP contribution < -0.4 is 15.4 Å². The number of amides is 3. The Labute approximate surface area is 281 Å². The molecule has 0 aromatic heterocycles. The first kappa shape index (κ1) is 38.0. The number of carbonyl (C=O) groups excluding carboxylic acids is 3. The summed E-state index contributed by atoms with van der Waals surface area (Å²) in [5.74, 6) is 0.591. The largest absolute Gasteiger partial charge is 0.497 e. The summed E-state index contributed by atoms with van der Waals surface area (Å²) in [5, 5.41) is 5.70. The second kappa shape index (κ2) is 18.8. The van der Waals surface area contributed by atoms with E-state index in [9.17, 15) is 14.4 Å². The lowest BCUT2D eigenvalue weighted by Crippen LogP contribution is -2.60. The molecule has 47 heavy (non-hydrogen) atoms. The standard InChI is InChI=1S/C35H54N4O7Si/c1-26(2)46-47(27(3)4,28(5)6)45-25-31-22-39(34(41)17-18-36-35(42)44-24-30-11-9-8-10-12-30)20-19-38(31)23-33(40)37-21-29-13-15-32(43-7)16-14-29/h8-16,26-28,31H,17-25H2,1-7H3,(H,36,42)(H,37,40). The molecule has 0 spiro atoms. The van der Waals surface area contributed by atoms with Gasteiger partial charge in [0.1, 0.15) is 12.4 Å². The summed E-state index contributed by atoms with van der Waals surface area (Å²) < 4.78 is 23.8. The predicted octanol–water partition coefficient (Wildman–Crippen LogP) is 4.84. The molecule has 0 radical (unpaired) electrons. The number of hydrogen-bond donors (Lipinski definition) is 2. The molecule has 2 N–H and O–H groups in total. The number of rotatable bonds is 17. The molecule has 1 aliphatic rings. The third-order valence-corrected chi connectivity index (χ3v) is 13.0. The van der Waals surface area contributed by atoms with E-state index in [1.165, 1.54) is 0 Å². The van der Waals surface area contributed by atoms with E-state index >= 15 is 0 Å². The third-order valence-electron chi connectivity index (χ3n) is 8.30. The maximum absolute atomic E-state index is 13.3. The van der Waals surface area contributed by atoms with Crippen LogP contribution in [0.25, 0.3) is 0 Å². The first-order valence-corrected chi connectivity index (χ1v) is 18.6. The summed E-state index contributed by atoms with van der Waals surface area (Å²) in [4.78, 5) is 42.5. The van der Waals surface area contributed by atoms with Crippen LogP contribution in [0.15, 0.2) is 54.6 Å². The van der Waals surface area contributed by atoms with Gasteiger partial charge in [-0.2, -0.15) is 0 Å². The minimum atomic E-state index is -2.65. The molecule has 0 bridgehead atoms. The number of nitrogens with zero attached hydrogens (tertiary/aromatic N) is 2. The smallest absolute Gasteiger partial charge is 0.407 e. The Balaban J connectivity index is 1.61. The molecule has 1 aliphatic heterocycles. The summed E-state index contributed by atoms with van der Waals surface area (Å²) in [6.45, 7) is 15.3. The molecule has 1 saturated heterocycles. The van der Waals surface area contributed by atoms with Crippen LogP contribution in [0.2, 0.25) is 11.1 Å². The summed E-state index contributed by atoms with van der Waals surface area (Å²) in [6, 6.07) is 16.8. The molecule has 1 unspecified atom stereocenters. The summed E-state index contributed by atoms with van der Waals surface area (Å²) in [7, 11) is -1.03. The van der Waals surface area contributed by atoms with Gasteiger partial charge in [-0.3, -0.25) is 14.5 Å². The van der Waals surface area contributed by atoms with E-state index in [0.29, 0.717) is 32.8 Å². The van der Waals surface area contributed by atoms with Gasteiger partial charge in [-0.05, 0) is 48.2 Å². The zero-order valence-corrected chi connectivity index (χ0v) is 30.1. The second-order valence-corrected chi connectivity index (χ2v) is 17.1. The molecular weight excluding hydrogens is 616 g/mol. The van der Waals surface area contributed by atoms with Gasteiger partial charge in [0, 0.05) is 45.2 Å². The zero-order valence-electron chi connectivity index (χ0n) is 29.1. The van der Waals surface area contributed by atoms with Gasteiger partial charge < -0.3 is 33.9 Å². The fourth-order valence-electron chi connectivity index (χ4n) is 5.77. The quantitative estimate of drug-likeness (QED) is 0.230. The Morgan fingerprint density at radius 1 is 0.894 bits per heavy atom. The minimum absolute atomic E-state index is 0.0163. The van der Waals surface area contributed by atoms with Crippen LogP contribution >= 0.6 is 0 Å². The Morgan fingerprint density at radius 3 is 2.19 bits per heavy atom. The van der Waals surface area contributed by atoms with Crippen LogP contribution in [0.1, 0.15) is 59.1 Å². The van der Waals surface area contributed by atoms with Gasteiger partial charge in [0.15, 0.2) is 0 Å². The average Bonchev–Trinajstić information content (AvgIpc) is 3.05. The maximum Gasteiger partial charge on any atom is 0.407 e. The Hall–Kier alpha value is -3.45. The first-order chi connectivity index (χ1) is 22.4. The van der Waals surface area contributed by atoms with E-state index in [1.54, 1.807) is 12.0 Å². The third kappa shape index (κ3) is 11.9. The fourth-order valence-corrected chi connectivity index (χ4v) is 9.58. The van der Waals surface area contributed by atoms with Gasteiger partial charge in [0.25, 0.3) is 0 Å². The summed E-state index contributed by atoms with van der Waals surface area (Å²) in [6.07, 6.45) is -0.404. The van der Waals surface area contributed by atoms with Crippen LogP contribution in [0.5, 0.6) is 5.75 Å². The Bertz CT molecular complexity index is 1250. The van der Waals surface area contributed by atoms with Crippen LogP contribution in [0.4, 0.5) is 4.79 Å². The highest BCUT2D eigenvalue weighted by Crippen LogP contribution is 2.36. The normalized spacial score (nSPS) is 15.6. The number of nitrogens with one attached hydrogen (secondary N) is 2. The van der Waals surface area contributed by atoms with E-state index in [0.717, 1.165) is 16.9 Å². The van der Waals surface area contributed by atoms with Crippen molar-refractivity contribution in [2.45, 2.75) is 84.3 Å². The molecule has 260 valence electrons. The van der Waals surface area contributed by atoms with E-state index in [1.807, 2.05) is 68.4 Å². The van der Waals surface area contributed by atoms with Gasteiger partial charge >= 0.3 is 14.7 Å². The SMILES string of the molecule is COc1ccc(CNC(=O)CN2CCN(C(=O)CCNC(=O)OCc3ccccc3)CC2CO[Si](OC(C)C)(C(C)C)C(C)C)cc1. The molecule has 2 aromatic rings. The highest BCUT2D eigenvalue weighted by Gasteiger charge is 2.47. The van der Waals surface area contributed by atoms with E-state index in [4.69, 9.17) is 18.3 Å². The van der Waals surface area contributed by atoms with Gasteiger partial charge in [0.2, 0.25) is 11.8 Å². The highest BCUT2D eigenvalue weighted by molar-refractivity contribution is 6.70. The fraction of sp³-hybridized carbons (Fsp3) is 0.571. The van der Waals surface area contributed by atoms with Gasteiger partial charge in [-0.1, -0.05) is 70.2 Å². The van der Waals surface area contributed by atoms with Gasteiger partial charge in [-0.15, -0.1) is 0 Å². The van der Waals surface area contributed by atoms with Crippen LogP contribution in [0, 0.1) is 0 Å². The molecule has 1 atom stereocenters. The van der Waals surface area contributed by atoms with Crippen LogP contribution in [-0.4, -0.2) is 94.9 Å². The molecule has 1 fully saturated rings. The van der Waals surface area contributed by atoms with E-state index in [2.05, 4.69) is 43.2 Å². The molecular formula is C35H54N4O7Si. The number of piperazine rings is 1. The van der Waals surface area contributed by atoms with Crippen molar-refractivity contribution in [3.8, 4) is 5.75 Å². The number of benzene rings is 2. The van der Waals surface area contributed by atoms with Crippen LogP contribution in [-0.2, 0) is 36.3 Å². The highest BCUT2D eigenvalue weighted by atomic mass is 28.4.